The van der Waals surface area contributed by atoms with Crippen molar-refractivity contribution >= 4 is 17.5 Å². The number of benzene rings is 1. The van der Waals surface area contributed by atoms with Crippen molar-refractivity contribution in [3.8, 4) is 0 Å². The normalized spacial score (nSPS) is 21.8. The fourth-order valence-electron chi connectivity index (χ4n) is 2.88. The van der Waals surface area contributed by atoms with Gasteiger partial charge in [0.15, 0.2) is 0 Å². The van der Waals surface area contributed by atoms with Crippen LogP contribution in [0.5, 0.6) is 0 Å². The zero-order valence-corrected chi connectivity index (χ0v) is 13.7. The van der Waals surface area contributed by atoms with Gasteiger partial charge in [0.25, 0.3) is 0 Å². The first-order chi connectivity index (χ1) is 11.6. The second-order valence-electron chi connectivity index (χ2n) is 5.97. The Kier molecular flexibility index (Phi) is 5.14. The zero-order valence-electron chi connectivity index (χ0n) is 13.0. The molecule has 0 radical (unpaired) electrons. The molecule has 6 heteroatoms. The molecule has 1 saturated carbocycles. The molecule has 1 amide bonds. The average molecular weight is 347 g/mol. The topological polar surface area (TPSA) is 82.5 Å². The number of carbonyl (C=O) groups excluding carboxylic acids is 1. The molecule has 1 aliphatic carbocycles. The van der Waals surface area contributed by atoms with E-state index in [1.807, 2.05) is 24.3 Å². The summed E-state index contributed by atoms with van der Waals surface area (Å²) in [5, 5.41) is 23.2. The van der Waals surface area contributed by atoms with Crippen LogP contribution in [0.15, 0.2) is 48.7 Å². The molecule has 2 aromatic rings. The van der Waals surface area contributed by atoms with Crippen molar-refractivity contribution in [2.45, 2.75) is 24.5 Å². The number of aliphatic hydroxyl groups excluding tert-OH is 2. The maximum Gasteiger partial charge on any atom is 0.224 e. The van der Waals surface area contributed by atoms with E-state index in [0.29, 0.717) is 17.1 Å². The number of aromatic nitrogens is 1. The van der Waals surface area contributed by atoms with E-state index in [-0.39, 0.29) is 24.3 Å². The highest BCUT2D eigenvalue weighted by Crippen LogP contribution is 2.49. The Bertz CT molecular complexity index is 710. The molecule has 0 spiro atoms. The fraction of sp³-hybridized carbons (Fsp3) is 0.333. The SMILES string of the molecule is O=C(N[C@@H](CO)[C@@H](O)c1ccccn1)[C@@H]1C[C@H]1c1ccccc1Cl. The highest BCUT2D eigenvalue weighted by atomic mass is 35.5. The maximum absolute atomic E-state index is 12.4. The first-order valence-corrected chi connectivity index (χ1v) is 8.24. The summed E-state index contributed by atoms with van der Waals surface area (Å²) >= 11 is 6.17. The van der Waals surface area contributed by atoms with Crippen molar-refractivity contribution in [2.24, 2.45) is 5.92 Å². The molecule has 3 N–H and O–H groups in total. The highest BCUT2D eigenvalue weighted by molar-refractivity contribution is 6.31. The number of nitrogens with zero attached hydrogens (tertiary/aromatic N) is 1. The van der Waals surface area contributed by atoms with Gasteiger partial charge in [-0.15, -0.1) is 0 Å². The number of pyridine rings is 1. The van der Waals surface area contributed by atoms with E-state index in [0.717, 1.165) is 5.56 Å². The average Bonchev–Trinajstić information content (AvgIpc) is 3.40. The second kappa shape index (κ2) is 7.30. The Hall–Kier alpha value is -1.95. The molecule has 0 bridgehead atoms. The van der Waals surface area contributed by atoms with Crippen molar-refractivity contribution in [1.82, 2.24) is 10.3 Å². The van der Waals surface area contributed by atoms with E-state index in [9.17, 15) is 15.0 Å². The van der Waals surface area contributed by atoms with Crippen LogP contribution in [0.4, 0.5) is 0 Å². The Morgan fingerprint density at radius 3 is 2.71 bits per heavy atom. The zero-order chi connectivity index (χ0) is 17.1. The summed E-state index contributed by atoms with van der Waals surface area (Å²) in [6.07, 6.45) is 1.22. The molecule has 4 atom stereocenters. The van der Waals surface area contributed by atoms with E-state index in [1.54, 1.807) is 24.4 Å². The molecule has 0 aliphatic heterocycles. The van der Waals surface area contributed by atoms with Gasteiger partial charge in [-0.1, -0.05) is 35.9 Å². The van der Waals surface area contributed by atoms with Crippen LogP contribution in [-0.2, 0) is 4.79 Å². The molecule has 1 aromatic heterocycles. The van der Waals surface area contributed by atoms with Gasteiger partial charge in [0, 0.05) is 17.1 Å². The predicted octanol–water partition coefficient (Wildman–Crippen LogP) is 2.05. The monoisotopic (exact) mass is 346 g/mol. The summed E-state index contributed by atoms with van der Waals surface area (Å²) in [6.45, 7) is -0.368. The number of carbonyl (C=O) groups is 1. The van der Waals surface area contributed by atoms with E-state index in [2.05, 4.69) is 10.3 Å². The predicted molar refractivity (Wildman–Crippen MR) is 90.5 cm³/mol. The van der Waals surface area contributed by atoms with E-state index in [1.165, 1.54) is 0 Å². The van der Waals surface area contributed by atoms with Crippen LogP contribution >= 0.6 is 11.6 Å². The molecule has 0 unspecified atom stereocenters. The molecule has 1 heterocycles. The van der Waals surface area contributed by atoms with Crippen LogP contribution in [0.2, 0.25) is 5.02 Å². The Morgan fingerprint density at radius 1 is 1.29 bits per heavy atom. The van der Waals surface area contributed by atoms with E-state index < -0.39 is 12.1 Å². The Balaban J connectivity index is 1.63. The molecule has 5 nitrogen and oxygen atoms in total. The maximum atomic E-state index is 12.4. The molecular weight excluding hydrogens is 328 g/mol. The van der Waals surface area contributed by atoms with Gasteiger partial charge in [0.2, 0.25) is 5.91 Å². The molecule has 1 aromatic carbocycles. The van der Waals surface area contributed by atoms with Crippen LogP contribution in [-0.4, -0.2) is 33.8 Å². The number of rotatable bonds is 6. The number of hydrogen-bond acceptors (Lipinski definition) is 4. The first kappa shape index (κ1) is 16.9. The number of aliphatic hydroxyl groups is 2. The number of nitrogens with one attached hydrogen (secondary N) is 1. The lowest BCUT2D eigenvalue weighted by atomic mass is 10.1. The van der Waals surface area contributed by atoms with Gasteiger partial charge in [0.05, 0.1) is 18.3 Å². The minimum Gasteiger partial charge on any atom is -0.394 e. The largest absolute Gasteiger partial charge is 0.394 e. The third kappa shape index (κ3) is 3.59. The molecule has 0 saturated heterocycles. The van der Waals surface area contributed by atoms with Crippen molar-refractivity contribution in [2.75, 3.05) is 6.61 Å². The fourth-order valence-corrected chi connectivity index (χ4v) is 3.15. The summed E-state index contributed by atoms with van der Waals surface area (Å²) in [6, 6.07) is 11.8. The Labute approximate surface area is 145 Å². The standard InChI is InChI=1S/C18H19ClN2O3/c19-14-6-2-1-5-11(14)12-9-13(12)18(24)21-16(10-22)17(23)15-7-3-4-8-20-15/h1-8,12-13,16-17,22-23H,9-10H2,(H,21,24)/t12-,13+,16-,17-/m0/s1. The number of hydrogen-bond donors (Lipinski definition) is 3. The van der Waals surface area contributed by atoms with Gasteiger partial charge in [-0.3, -0.25) is 9.78 Å². The molecule has 126 valence electrons. The quantitative estimate of drug-likeness (QED) is 0.747. The third-order valence-electron chi connectivity index (χ3n) is 4.33. The number of amides is 1. The van der Waals surface area contributed by atoms with Crippen molar-refractivity contribution in [3.63, 3.8) is 0 Å². The van der Waals surface area contributed by atoms with Gasteiger partial charge in [0.1, 0.15) is 6.10 Å². The van der Waals surface area contributed by atoms with Gasteiger partial charge in [-0.05, 0) is 36.1 Å². The van der Waals surface area contributed by atoms with Crippen molar-refractivity contribution in [1.29, 1.82) is 0 Å². The van der Waals surface area contributed by atoms with Gasteiger partial charge < -0.3 is 15.5 Å². The Morgan fingerprint density at radius 2 is 2.04 bits per heavy atom. The highest BCUT2D eigenvalue weighted by Gasteiger charge is 2.45. The summed E-state index contributed by atoms with van der Waals surface area (Å²) in [5.74, 6) is -0.283. The van der Waals surface area contributed by atoms with Gasteiger partial charge in [-0.2, -0.15) is 0 Å². The van der Waals surface area contributed by atoms with Gasteiger partial charge >= 0.3 is 0 Å². The smallest absolute Gasteiger partial charge is 0.224 e. The van der Waals surface area contributed by atoms with Crippen LogP contribution < -0.4 is 5.32 Å². The summed E-state index contributed by atoms with van der Waals surface area (Å²) in [5.41, 5.74) is 1.38. The molecule has 1 fully saturated rings. The minimum absolute atomic E-state index is 0.0880. The van der Waals surface area contributed by atoms with E-state index in [4.69, 9.17) is 11.6 Å². The summed E-state index contributed by atoms with van der Waals surface area (Å²) in [7, 11) is 0. The third-order valence-corrected chi connectivity index (χ3v) is 4.67. The molecular formula is C18H19ClN2O3. The number of halogens is 1. The van der Waals surface area contributed by atoms with Crippen LogP contribution in [0.25, 0.3) is 0 Å². The van der Waals surface area contributed by atoms with Gasteiger partial charge in [-0.25, -0.2) is 0 Å². The second-order valence-corrected chi connectivity index (χ2v) is 6.37. The molecule has 3 rings (SSSR count). The van der Waals surface area contributed by atoms with Crippen LogP contribution in [0, 0.1) is 5.92 Å². The van der Waals surface area contributed by atoms with Crippen LogP contribution in [0.3, 0.4) is 0 Å². The lowest BCUT2D eigenvalue weighted by molar-refractivity contribution is -0.124. The van der Waals surface area contributed by atoms with Crippen LogP contribution in [0.1, 0.15) is 29.7 Å². The lowest BCUT2D eigenvalue weighted by Crippen LogP contribution is -2.43. The van der Waals surface area contributed by atoms with E-state index >= 15 is 0 Å². The first-order valence-electron chi connectivity index (χ1n) is 7.86. The summed E-state index contributed by atoms with van der Waals surface area (Å²) in [4.78, 5) is 16.5. The van der Waals surface area contributed by atoms with Crippen molar-refractivity contribution < 1.29 is 15.0 Å². The minimum atomic E-state index is -1.06. The lowest BCUT2D eigenvalue weighted by Gasteiger charge is -2.22. The van der Waals surface area contributed by atoms with Crippen molar-refractivity contribution in [3.05, 3.63) is 64.9 Å². The molecule has 1 aliphatic rings. The summed E-state index contributed by atoms with van der Waals surface area (Å²) < 4.78 is 0. The molecule has 24 heavy (non-hydrogen) atoms.